The highest BCUT2D eigenvalue weighted by Crippen LogP contribution is 2.30. The van der Waals surface area contributed by atoms with Gasteiger partial charge < -0.3 is 14.4 Å². The second-order valence-corrected chi connectivity index (χ2v) is 9.33. The van der Waals surface area contributed by atoms with E-state index in [2.05, 4.69) is 51.0 Å². The molecule has 1 saturated heterocycles. The minimum absolute atomic E-state index is 0.137. The van der Waals surface area contributed by atoms with E-state index in [1.807, 2.05) is 34.7 Å². The normalized spacial score (nSPS) is 14.2. The number of anilines is 1. The number of piperazine rings is 1. The van der Waals surface area contributed by atoms with Crippen LogP contribution >= 0.6 is 22.7 Å². The Labute approximate surface area is 189 Å². The highest BCUT2D eigenvalue weighted by Gasteiger charge is 2.22. The van der Waals surface area contributed by atoms with Gasteiger partial charge in [-0.05, 0) is 30.5 Å². The van der Waals surface area contributed by atoms with Crippen molar-refractivity contribution in [3.63, 3.8) is 0 Å². The molecule has 1 aliphatic rings. The molecule has 8 heteroatoms. The third kappa shape index (κ3) is 4.26. The quantitative estimate of drug-likeness (QED) is 0.453. The zero-order valence-corrected chi connectivity index (χ0v) is 18.9. The molecule has 0 saturated carbocycles. The van der Waals surface area contributed by atoms with Crippen molar-refractivity contribution in [3.05, 3.63) is 65.2 Å². The summed E-state index contributed by atoms with van der Waals surface area (Å²) in [5.74, 6) is 0.970. The van der Waals surface area contributed by atoms with Crippen molar-refractivity contribution in [1.82, 2.24) is 19.4 Å². The molecule has 6 nitrogen and oxygen atoms in total. The van der Waals surface area contributed by atoms with Gasteiger partial charge in [0.15, 0.2) is 0 Å². The topological polar surface area (TPSA) is 54.3 Å². The Morgan fingerprint density at radius 3 is 2.52 bits per heavy atom. The molecule has 158 valence electrons. The van der Waals surface area contributed by atoms with Gasteiger partial charge in [-0.2, -0.15) is 0 Å². The summed E-state index contributed by atoms with van der Waals surface area (Å²) in [7, 11) is 0. The van der Waals surface area contributed by atoms with Gasteiger partial charge in [0.2, 0.25) is 5.91 Å². The molecule has 0 aliphatic carbocycles. The maximum absolute atomic E-state index is 12.9. The van der Waals surface area contributed by atoms with Crippen molar-refractivity contribution < 1.29 is 4.79 Å². The van der Waals surface area contributed by atoms with E-state index in [4.69, 9.17) is 4.98 Å². The van der Waals surface area contributed by atoms with Crippen molar-refractivity contribution in [3.8, 4) is 21.3 Å². The number of thiazole rings is 1. The second kappa shape index (κ2) is 8.64. The lowest BCUT2D eigenvalue weighted by Gasteiger charge is -2.36. The second-order valence-electron chi connectivity index (χ2n) is 7.52. The average molecular weight is 450 g/mol. The highest BCUT2D eigenvalue weighted by atomic mass is 32.1. The van der Waals surface area contributed by atoms with Gasteiger partial charge in [0.05, 0.1) is 10.6 Å². The molecule has 1 fully saturated rings. The number of benzene rings is 1. The summed E-state index contributed by atoms with van der Waals surface area (Å²) in [5, 5.41) is 5.00. The Balaban J connectivity index is 1.23. The number of aryl methyl sites for hydroxylation is 1. The van der Waals surface area contributed by atoms with Crippen LogP contribution in [0.5, 0.6) is 0 Å². The van der Waals surface area contributed by atoms with Gasteiger partial charge in [-0.3, -0.25) is 4.79 Å². The number of amides is 1. The molecule has 0 atom stereocenters. The first-order chi connectivity index (χ1) is 15.2. The number of thiophene rings is 1. The molecule has 0 unspecified atom stereocenters. The van der Waals surface area contributed by atoms with Crippen LogP contribution in [-0.4, -0.2) is 51.5 Å². The van der Waals surface area contributed by atoms with Gasteiger partial charge in [-0.25, -0.2) is 9.97 Å². The molecule has 1 amide bonds. The molecule has 1 aliphatic heterocycles. The standard InChI is InChI=1S/C23H23N5OS2/c1-17-24-19(23-25-20(16-31-23)21-8-5-13-30-21)14-28(17)15-22(29)27-11-9-26(10-12-27)18-6-3-2-4-7-18/h2-8,13-14,16H,9-12,15H2,1H3. The van der Waals surface area contributed by atoms with E-state index in [0.717, 1.165) is 53.3 Å². The van der Waals surface area contributed by atoms with E-state index in [-0.39, 0.29) is 5.91 Å². The van der Waals surface area contributed by atoms with Crippen LogP contribution in [0.15, 0.2) is 59.4 Å². The van der Waals surface area contributed by atoms with Crippen LogP contribution in [0, 0.1) is 6.92 Å². The Bertz CT molecular complexity index is 1160. The summed E-state index contributed by atoms with van der Waals surface area (Å²) in [6.45, 7) is 5.45. The summed E-state index contributed by atoms with van der Waals surface area (Å²) in [5.41, 5.74) is 3.02. The fourth-order valence-electron chi connectivity index (χ4n) is 3.80. The largest absolute Gasteiger partial charge is 0.368 e. The highest BCUT2D eigenvalue weighted by molar-refractivity contribution is 7.15. The number of carbonyl (C=O) groups is 1. The molecule has 5 rings (SSSR count). The molecule has 0 bridgehead atoms. The number of carbonyl (C=O) groups excluding carboxylic acids is 1. The lowest BCUT2D eigenvalue weighted by Crippen LogP contribution is -2.49. The Morgan fingerprint density at radius 1 is 0.968 bits per heavy atom. The lowest BCUT2D eigenvalue weighted by molar-refractivity contribution is -0.132. The number of nitrogens with zero attached hydrogens (tertiary/aromatic N) is 5. The smallest absolute Gasteiger partial charge is 0.242 e. The van der Waals surface area contributed by atoms with Crippen molar-refractivity contribution >= 4 is 34.3 Å². The van der Waals surface area contributed by atoms with E-state index in [1.54, 1.807) is 22.7 Å². The number of para-hydroxylation sites is 1. The molecular weight excluding hydrogens is 426 g/mol. The molecule has 4 aromatic rings. The minimum atomic E-state index is 0.137. The van der Waals surface area contributed by atoms with Crippen molar-refractivity contribution in [2.24, 2.45) is 0 Å². The number of aromatic nitrogens is 3. The van der Waals surface area contributed by atoms with E-state index in [9.17, 15) is 4.79 Å². The number of imidazole rings is 1. The first-order valence-corrected chi connectivity index (χ1v) is 12.0. The summed E-state index contributed by atoms with van der Waals surface area (Å²) in [6, 6.07) is 14.5. The van der Waals surface area contributed by atoms with Crippen molar-refractivity contribution in [2.45, 2.75) is 13.5 Å². The minimum Gasteiger partial charge on any atom is -0.368 e. The molecule has 0 N–H and O–H groups in total. The lowest BCUT2D eigenvalue weighted by atomic mass is 10.2. The molecule has 0 spiro atoms. The number of hydrogen-bond acceptors (Lipinski definition) is 6. The predicted molar refractivity (Wildman–Crippen MR) is 127 cm³/mol. The van der Waals surface area contributed by atoms with Gasteiger partial charge in [0.25, 0.3) is 0 Å². The molecule has 1 aromatic carbocycles. The molecule has 3 aromatic heterocycles. The number of hydrogen-bond donors (Lipinski definition) is 0. The Morgan fingerprint density at radius 2 is 1.77 bits per heavy atom. The van der Waals surface area contributed by atoms with Crippen LogP contribution in [0.4, 0.5) is 5.69 Å². The van der Waals surface area contributed by atoms with Crippen LogP contribution in [-0.2, 0) is 11.3 Å². The molecular formula is C23H23N5OS2. The predicted octanol–water partition coefficient (Wildman–Crippen LogP) is 4.39. The maximum Gasteiger partial charge on any atom is 0.242 e. The Kier molecular flexibility index (Phi) is 5.57. The average Bonchev–Trinajstić information content (AvgIpc) is 3.56. The van der Waals surface area contributed by atoms with E-state index in [1.165, 1.54) is 5.69 Å². The summed E-state index contributed by atoms with van der Waals surface area (Å²) in [4.78, 5) is 27.8. The fourth-order valence-corrected chi connectivity index (χ4v) is 5.33. The van der Waals surface area contributed by atoms with Crippen molar-refractivity contribution in [1.29, 1.82) is 0 Å². The first-order valence-electron chi connectivity index (χ1n) is 10.3. The number of rotatable bonds is 5. The van der Waals surface area contributed by atoms with Gasteiger partial charge in [-0.1, -0.05) is 24.3 Å². The summed E-state index contributed by atoms with van der Waals surface area (Å²) < 4.78 is 1.94. The van der Waals surface area contributed by atoms with E-state index < -0.39 is 0 Å². The van der Waals surface area contributed by atoms with Gasteiger partial charge >= 0.3 is 0 Å². The zero-order valence-electron chi connectivity index (χ0n) is 17.3. The van der Waals surface area contributed by atoms with E-state index in [0.29, 0.717) is 6.54 Å². The van der Waals surface area contributed by atoms with Gasteiger partial charge in [0.1, 0.15) is 23.1 Å². The van der Waals surface area contributed by atoms with Gasteiger partial charge in [-0.15, -0.1) is 22.7 Å². The van der Waals surface area contributed by atoms with Crippen LogP contribution in [0.25, 0.3) is 21.3 Å². The van der Waals surface area contributed by atoms with E-state index >= 15 is 0 Å². The molecule has 4 heterocycles. The third-order valence-corrected chi connectivity index (χ3v) is 7.29. The maximum atomic E-state index is 12.9. The molecule has 31 heavy (non-hydrogen) atoms. The van der Waals surface area contributed by atoms with Crippen LogP contribution < -0.4 is 4.90 Å². The van der Waals surface area contributed by atoms with Crippen LogP contribution in [0.3, 0.4) is 0 Å². The van der Waals surface area contributed by atoms with Crippen molar-refractivity contribution in [2.75, 3.05) is 31.1 Å². The summed E-state index contributed by atoms with van der Waals surface area (Å²) >= 11 is 3.27. The molecule has 0 radical (unpaired) electrons. The Hall–Kier alpha value is -2.97. The third-order valence-electron chi connectivity index (χ3n) is 5.53. The monoisotopic (exact) mass is 449 g/mol. The summed E-state index contributed by atoms with van der Waals surface area (Å²) in [6.07, 6.45) is 1.95. The SMILES string of the molecule is Cc1nc(-c2nc(-c3cccs3)cs2)cn1CC(=O)N1CCN(c2ccccc2)CC1. The first kappa shape index (κ1) is 20.0. The van der Waals surface area contributed by atoms with Crippen LogP contribution in [0.2, 0.25) is 0 Å². The van der Waals surface area contributed by atoms with Crippen LogP contribution in [0.1, 0.15) is 5.82 Å². The zero-order chi connectivity index (χ0) is 21.2. The van der Waals surface area contributed by atoms with Gasteiger partial charge in [0, 0.05) is 43.4 Å². The fraction of sp³-hybridized carbons (Fsp3) is 0.261.